The molecule has 0 unspecified atom stereocenters. The van der Waals surface area contributed by atoms with Gasteiger partial charge in [-0.25, -0.2) is 9.37 Å². The average Bonchev–Trinajstić information content (AvgIpc) is 3.15. The Balaban J connectivity index is 1.33. The summed E-state index contributed by atoms with van der Waals surface area (Å²) in [6.07, 6.45) is 1.42. The number of hydrogen-bond donors (Lipinski definition) is 1. The van der Waals surface area contributed by atoms with Crippen LogP contribution in [0.15, 0.2) is 58.1 Å². The third-order valence-corrected chi connectivity index (χ3v) is 6.16. The Hall–Kier alpha value is -3.20. The first-order valence-corrected chi connectivity index (χ1v) is 10.7. The third kappa shape index (κ3) is 3.59. The van der Waals surface area contributed by atoms with Crippen molar-refractivity contribution in [2.75, 3.05) is 31.1 Å². The summed E-state index contributed by atoms with van der Waals surface area (Å²) in [6, 6.07) is 12.3. The number of piperazine rings is 1. The highest BCUT2D eigenvalue weighted by molar-refractivity contribution is 9.10. The summed E-state index contributed by atoms with van der Waals surface area (Å²) in [5.74, 6) is -0.422. The van der Waals surface area contributed by atoms with Gasteiger partial charge in [0.25, 0.3) is 5.56 Å². The highest BCUT2D eigenvalue weighted by atomic mass is 79.9. The molecule has 0 saturated carbocycles. The Morgan fingerprint density at radius 1 is 1.13 bits per heavy atom. The standard InChI is InChI=1S/C22H19BrFN5O2/c23-14-5-6-17-15(11-14)20-21(26-17)22(31)29(13-25-20)12-19(30)28-9-7-27(8-10-28)18-4-2-1-3-16(18)24/h1-6,11,13,26H,7-10,12H2. The smallest absolute Gasteiger partial charge is 0.278 e. The topological polar surface area (TPSA) is 74.2 Å². The zero-order chi connectivity index (χ0) is 21.5. The van der Waals surface area contributed by atoms with Gasteiger partial charge in [0, 0.05) is 41.6 Å². The van der Waals surface area contributed by atoms with E-state index in [1.165, 1.54) is 17.0 Å². The number of rotatable bonds is 3. The van der Waals surface area contributed by atoms with E-state index in [-0.39, 0.29) is 23.8 Å². The minimum atomic E-state index is -0.282. The van der Waals surface area contributed by atoms with Gasteiger partial charge in [0.15, 0.2) is 0 Å². The number of H-pyrrole nitrogens is 1. The van der Waals surface area contributed by atoms with Crippen molar-refractivity contribution in [3.63, 3.8) is 0 Å². The molecule has 1 fully saturated rings. The molecule has 31 heavy (non-hydrogen) atoms. The van der Waals surface area contributed by atoms with Crippen molar-refractivity contribution >= 4 is 49.5 Å². The van der Waals surface area contributed by atoms with Gasteiger partial charge in [-0.2, -0.15) is 0 Å². The van der Waals surface area contributed by atoms with Crippen molar-refractivity contribution < 1.29 is 9.18 Å². The second kappa shape index (κ2) is 7.81. The van der Waals surface area contributed by atoms with Gasteiger partial charge in [0.1, 0.15) is 23.4 Å². The first-order chi connectivity index (χ1) is 15.0. The van der Waals surface area contributed by atoms with E-state index in [4.69, 9.17) is 0 Å². The van der Waals surface area contributed by atoms with Crippen molar-refractivity contribution in [3.8, 4) is 0 Å². The lowest BCUT2D eigenvalue weighted by molar-refractivity contribution is -0.132. The fourth-order valence-corrected chi connectivity index (χ4v) is 4.39. The molecule has 1 saturated heterocycles. The van der Waals surface area contributed by atoms with Gasteiger partial charge in [0.2, 0.25) is 5.91 Å². The Kier molecular flexibility index (Phi) is 4.97. The third-order valence-electron chi connectivity index (χ3n) is 5.67. The number of nitrogens with one attached hydrogen (secondary N) is 1. The number of anilines is 1. The van der Waals surface area contributed by atoms with Crippen molar-refractivity contribution in [3.05, 3.63) is 69.4 Å². The predicted molar refractivity (Wildman–Crippen MR) is 121 cm³/mol. The maximum atomic E-state index is 14.0. The zero-order valence-electron chi connectivity index (χ0n) is 16.5. The maximum absolute atomic E-state index is 14.0. The molecule has 9 heteroatoms. The number of nitrogens with zero attached hydrogens (tertiary/aromatic N) is 4. The fourth-order valence-electron chi connectivity index (χ4n) is 4.03. The van der Waals surface area contributed by atoms with Crippen LogP contribution in [0.5, 0.6) is 0 Å². The lowest BCUT2D eigenvalue weighted by Gasteiger charge is -2.36. The minimum Gasteiger partial charge on any atom is -0.366 e. The maximum Gasteiger partial charge on any atom is 0.278 e. The minimum absolute atomic E-state index is 0.0828. The Labute approximate surface area is 185 Å². The molecule has 4 aromatic rings. The molecule has 5 rings (SSSR count). The van der Waals surface area contributed by atoms with Gasteiger partial charge in [-0.3, -0.25) is 14.2 Å². The Morgan fingerprint density at radius 2 is 1.90 bits per heavy atom. The van der Waals surface area contributed by atoms with E-state index in [0.29, 0.717) is 42.9 Å². The molecule has 0 aliphatic carbocycles. The Morgan fingerprint density at radius 3 is 2.68 bits per heavy atom. The molecule has 0 atom stereocenters. The summed E-state index contributed by atoms with van der Waals surface area (Å²) in [5.41, 5.74) is 2.05. The van der Waals surface area contributed by atoms with E-state index in [9.17, 15) is 14.0 Å². The molecule has 3 heterocycles. The van der Waals surface area contributed by atoms with Gasteiger partial charge in [-0.1, -0.05) is 28.1 Å². The normalized spacial score (nSPS) is 14.5. The second-order valence-corrected chi connectivity index (χ2v) is 8.45. The zero-order valence-corrected chi connectivity index (χ0v) is 18.1. The molecule has 1 aliphatic heterocycles. The predicted octanol–water partition coefficient (Wildman–Crippen LogP) is 3.13. The van der Waals surface area contributed by atoms with Gasteiger partial charge in [-0.15, -0.1) is 0 Å². The van der Waals surface area contributed by atoms with Crippen LogP contribution in [0.1, 0.15) is 0 Å². The van der Waals surface area contributed by atoms with Crippen molar-refractivity contribution in [1.29, 1.82) is 0 Å². The van der Waals surface area contributed by atoms with Crippen LogP contribution in [0.2, 0.25) is 0 Å². The van der Waals surface area contributed by atoms with Crippen LogP contribution in [0.25, 0.3) is 21.9 Å². The number of carbonyl (C=O) groups is 1. The first-order valence-electron chi connectivity index (χ1n) is 9.95. The molecule has 0 spiro atoms. The van der Waals surface area contributed by atoms with Crippen molar-refractivity contribution in [2.24, 2.45) is 0 Å². The molecule has 158 valence electrons. The molecule has 2 aromatic heterocycles. The summed E-state index contributed by atoms with van der Waals surface area (Å²) in [7, 11) is 0. The van der Waals surface area contributed by atoms with E-state index in [0.717, 1.165) is 15.4 Å². The summed E-state index contributed by atoms with van der Waals surface area (Å²) in [5, 5.41) is 0.851. The number of para-hydroxylation sites is 1. The largest absolute Gasteiger partial charge is 0.366 e. The Bertz CT molecular complexity index is 1360. The number of halogens is 2. The van der Waals surface area contributed by atoms with E-state index in [2.05, 4.69) is 25.9 Å². The van der Waals surface area contributed by atoms with Crippen LogP contribution in [-0.4, -0.2) is 51.5 Å². The summed E-state index contributed by atoms with van der Waals surface area (Å²) < 4.78 is 16.2. The van der Waals surface area contributed by atoms with E-state index in [1.807, 2.05) is 23.1 Å². The molecule has 1 amide bonds. The number of amides is 1. The average molecular weight is 484 g/mol. The molecule has 0 bridgehead atoms. The second-order valence-electron chi connectivity index (χ2n) is 7.54. The van der Waals surface area contributed by atoms with E-state index >= 15 is 0 Å². The van der Waals surface area contributed by atoms with E-state index < -0.39 is 0 Å². The number of aromatic amines is 1. The molecular weight excluding hydrogens is 465 g/mol. The SMILES string of the molecule is O=C(Cn1cnc2c([nH]c3ccc(Br)cc32)c1=O)N1CCN(c2ccccc2F)CC1. The highest BCUT2D eigenvalue weighted by Gasteiger charge is 2.23. The molecule has 2 aromatic carbocycles. The molecule has 1 N–H and O–H groups in total. The number of benzene rings is 2. The van der Waals surface area contributed by atoms with Gasteiger partial charge in [-0.05, 0) is 30.3 Å². The van der Waals surface area contributed by atoms with Crippen molar-refractivity contribution in [1.82, 2.24) is 19.4 Å². The first kappa shape index (κ1) is 19.7. The van der Waals surface area contributed by atoms with Crippen LogP contribution in [0.3, 0.4) is 0 Å². The lowest BCUT2D eigenvalue weighted by atomic mass is 10.2. The summed E-state index contributed by atoms with van der Waals surface area (Å²) in [6.45, 7) is 1.93. The monoisotopic (exact) mass is 483 g/mol. The van der Waals surface area contributed by atoms with Crippen LogP contribution in [0.4, 0.5) is 10.1 Å². The summed E-state index contributed by atoms with van der Waals surface area (Å²) in [4.78, 5) is 36.9. The molecule has 7 nitrogen and oxygen atoms in total. The fraction of sp³-hybridized carbons (Fsp3) is 0.227. The van der Waals surface area contributed by atoms with Crippen LogP contribution in [-0.2, 0) is 11.3 Å². The molecular formula is C22H19BrFN5O2. The number of fused-ring (bicyclic) bond motifs is 3. The van der Waals surface area contributed by atoms with Crippen molar-refractivity contribution in [2.45, 2.75) is 6.54 Å². The highest BCUT2D eigenvalue weighted by Crippen LogP contribution is 2.25. The van der Waals surface area contributed by atoms with Gasteiger partial charge < -0.3 is 14.8 Å². The van der Waals surface area contributed by atoms with Crippen LogP contribution in [0, 0.1) is 5.82 Å². The summed E-state index contributed by atoms with van der Waals surface area (Å²) >= 11 is 3.44. The van der Waals surface area contributed by atoms with E-state index in [1.54, 1.807) is 23.1 Å². The van der Waals surface area contributed by atoms with Gasteiger partial charge >= 0.3 is 0 Å². The quantitative estimate of drug-likeness (QED) is 0.485. The number of hydrogen-bond acceptors (Lipinski definition) is 4. The van der Waals surface area contributed by atoms with Crippen LogP contribution < -0.4 is 10.5 Å². The number of carbonyl (C=O) groups excluding carboxylic acids is 1. The molecule has 0 radical (unpaired) electrons. The lowest BCUT2D eigenvalue weighted by Crippen LogP contribution is -2.50. The molecule has 1 aliphatic rings. The van der Waals surface area contributed by atoms with Gasteiger partial charge in [0.05, 0.1) is 12.0 Å². The van der Waals surface area contributed by atoms with Crippen LogP contribution >= 0.6 is 15.9 Å². The number of aromatic nitrogens is 3.